The van der Waals surface area contributed by atoms with Crippen LogP contribution in [0, 0.1) is 5.82 Å². The normalized spacial score (nSPS) is 10.9. The van der Waals surface area contributed by atoms with Crippen LogP contribution in [0.1, 0.15) is 0 Å². The minimum atomic E-state index is -0.337. The number of hydrogen-bond acceptors (Lipinski definition) is 3. The molecule has 0 saturated carbocycles. The summed E-state index contributed by atoms with van der Waals surface area (Å²) in [5.74, 6) is 0.560. The van der Waals surface area contributed by atoms with Crippen LogP contribution < -0.4 is 0 Å². The van der Waals surface area contributed by atoms with E-state index in [0.717, 1.165) is 0 Å². The van der Waals surface area contributed by atoms with Crippen LogP contribution in [0.2, 0.25) is 10.3 Å². The highest BCUT2D eigenvalue weighted by Gasteiger charge is 2.16. The van der Waals surface area contributed by atoms with E-state index in [1.54, 1.807) is 29.1 Å². The second kappa shape index (κ2) is 5.42. The number of aryl methyl sites for hydroxylation is 1. The first-order valence-electron chi connectivity index (χ1n) is 6.03. The van der Waals surface area contributed by atoms with Crippen molar-refractivity contribution in [1.82, 2.24) is 19.5 Å². The summed E-state index contributed by atoms with van der Waals surface area (Å²) in [6.45, 7) is 0. The van der Waals surface area contributed by atoms with Crippen LogP contribution in [0.15, 0.2) is 36.7 Å². The molecule has 0 saturated heterocycles. The molecule has 0 atom stereocenters. The molecule has 0 unspecified atom stereocenters. The molecule has 3 rings (SSSR count). The Hall–Kier alpha value is -1.98. The molecule has 106 valence electrons. The molecule has 0 N–H and O–H groups in total. The van der Waals surface area contributed by atoms with Crippen LogP contribution in [-0.4, -0.2) is 19.5 Å². The first-order valence-corrected chi connectivity index (χ1v) is 6.78. The largest absolute Gasteiger partial charge is 0.331 e. The molecule has 2 heterocycles. The third-order valence-electron chi connectivity index (χ3n) is 2.97. The molecule has 7 heteroatoms. The third-order valence-corrected chi connectivity index (χ3v) is 3.52. The number of halogens is 3. The summed E-state index contributed by atoms with van der Waals surface area (Å²) in [5.41, 5.74) is 1.12. The van der Waals surface area contributed by atoms with Gasteiger partial charge in [0.2, 0.25) is 0 Å². The van der Waals surface area contributed by atoms with E-state index in [-0.39, 0.29) is 16.1 Å². The van der Waals surface area contributed by atoms with Gasteiger partial charge in [-0.25, -0.2) is 19.3 Å². The summed E-state index contributed by atoms with van der Waals surface area (Å²) < 4.78 is 14.8. The number of rotatable bonds is 2. The van der Waals surface area contributed by atoms with Gasteiger partial charge in [-0.15, -0.1) is 0 Å². The van der Waals surface area contributed by atoms with Gasteiger partial charge >= 0.3 is 0 Å². The average molecular weight is 323 g/mol. The lowest BCUT2D eigenvalue weighted by molar-refractivity contribution is 0.628. The SMILES string of the molecule is Cn1ccnc1-c1nc(Cl)c(-c2ccc(F)cc2)c(Cl)n1. The van der Waals surface area contributed by atoms with Gasteiger partial charge in [-0.1, -0.05) is 35.3 Å². The fourth-order valence-electron chi connectivity index (χ4n) is 1.94. The van der Waals surface area contributed by atoms with Crippen molar-refractivity contribution in [1.29, 1.82) is 0 Å². The maximum absolute atomic E-state index is 13.0. The Morgan fingerprint density at radius 2 is 1.67 bits per heavy atom. The zero-order valence-electron chi connectivity index (χ0n) is 10.9. The van der Waals surface area contributed by atoms with E-state index in [0.29, 0.717) is 22.8 Å². The zero-order chi connectivity index (χ0) is 15.0. The zero-order valence-corrected chi connectivity index (χ0v) is 12.4. The van der Waals surface area contributed by atoms with Gasteiger partial charge in [-0.2, -0.15) is 0 Å². The van der Waals surface area contributed by atoms with Crippen molar-refractivity contribution in [2.75, 3.05) is 0 Å². The summed E-state index contributed by atoms with van der Waals surface area (Å²) >= 11 is 12.4. The third kappa shape index (κ3) is 2.62. The number of benzene rings is 1. The molecule has 0 spiro atoms. The van der Waals surface area contributed by atoms with Crippen molar-refractivity contribution < 1.29 is 4.39 Å². The van der Waals surface area contributed by atoms with Crippen molar-refractivity contribution >= 4 is 23.2 Å². The Morgan fingerprint density at radius 3 is 2.19 bits per heavy atom. The van der Waals surface area contributed by atoms with Crippen molar-refractivity contribution in [2.45, 2.75) is 0 Å². The fourth-order valence-corrected chi connectivity index (χ4v) is 2.55. The van der Waals surface area contributed by atoms with Crippen molar-refractivity contribution in [2.24, 2.45) is 7.05 Å². The van der Waals surface area contributed by atoms with Gasteiger partial charge in [0.15, 0.2) is 11.6 Å². The van der Waals surface area contributed by atoms with E-state index in [4.69, 9.17) is 23.2 Å². The lowest BCUT2D eigenvalue weighted by Gasteiger charge is -2.08. The second-order valence-corrected chi connectivity index (χ2v) is 5.09. The van der Waals surface area contributed by atoms with Crippen LogP contribution in [-0.2, 0) is 7.05 Å². The Bertz CT molecular complexity index is 776. The molecule has 3 aromatic rings. The van der Waals surface area contributed by atoms with E-state index in [2.05, 4.69) is 15.0 Å². The standard InChI is InChI=1S/C14H9Cl2FN4/c1-21-7-6-18-14(21)13-19-11(15)10(12(16)20-13)8-2-4-9(17)5-3-8/h2-7H,1H3. The van der Waals surface area contributed by atoms with Gasteiger partial charge < -0.3 is 4.57 Å². The Labute approximate surface area is 130 Å². The number of imidazole rings is 1. The Kier molecular flexibility index (Phi) is 3.61. The summed E-state index contributed by atoms with van der Waals surface area (Å²) in [4.78, 5) is 12.6. The van der Waals surface area contributed by atoms with Crippen LogP contribution in [0.4, 0.5) is 4.39 Å². The lowest BCUT2D eigenvalue weighted by atomic mass is 10.1. The van der Waals surface area contributed by atoms with Crippen molar-refractivity contribution in [3.05, 3.63) is 52.8 Å². The highest BCUT2D eigenvalue weighted by molar-refractivity contribution is 6.37. The minimum Gasteiger partial charge on any atom is -0.331 e. The van der Waals surface area contributed by atoms with E-state index < -0.39 is 0 Å². The monoisotopic (exact) mass is 322 g/mol. The molecule has 0 amide bonds. The lowest BCUT2D eigenvalue weighted by Crippen LogP contribution is -1.99. The molecule has 2 aromatic heterocycles. The van der Waals surface area contributed by atoms with Crippen LogP contribution in [0.25, 0.3) is 22.8 Å². The first-order chi connectivity index (χ1) is 10.1. The van der Waals surface area contributed by atoms with E-state index in [1.165, 1.54) is 12.1 Å². The summed E-state index contributed by atoms with van der Waals surface area (Å²) in [6.07, 6.45) is 3.41. The summed E-state index contributed by atoms with van der Waals surface area (Å²) in [6, 6.07) is 5.81. The van der Waals surface area contributed by atoms with E-state index in [9.17, 15) is 4.39 Å². The quantitative estimate of drug-likeness (QED) is 0.670. The molecule has 0 fully saturated rings. The van der Waals surface area contributed by atoms with Crippen molar-refractivity contribution in [3.8, 4) is 22.8 Å². The number of nitrogens with zero attached hydrogens (tertiary/aromatic N) is 4. The average Bonchev–Trinajstić information content (AvgIpc) is 2.86. The van der Waals surface area contributed by atoms with Gasteiger partial charge in [0, 0.05) is 19.4 Å². The topological polar surface area (TPSA) is 43.6 Å². The predicted octanol–water partition coefficient (Wildman–Crippen LogP) is 3.99. The minimum absolute atomic E-state index is 0.194. The molecule has 0 aliphatic heterocycles. The Morgan fingerprint density at radius 1 is 1.05 bits per heavy atom. The number of aromatic nitrogens is 4. The van der Waals surface area contributed by atoms with Crippen LogP contribution >= 0.6 is 23.2 Å². The van der Waals surface area contributed by atoms with Gasteiger partial charge in [0.1, 0.15) is 16.1 Å². The molecular formula is C14H9Cl2FN4. The Balaban J connectivity index is 2.13. The highest BCUT2D eigenvalue weighted by Crippen LogP contribution is 2.33. The molecular weight excluding hydrogens is 314 g/mol. The molecule has 1 aromatic carbocycles. The molecule has 0 aliphatic carbocycles. The number of hydrogen-bond donors (Lipinski definition) is 0. The highest BCUT2D eigenvalue weighted by atomic mass is 35.5. The fraction of sp³-hybridized carbons (Fsp3) is 0.0714. The smallest absolute Gasteiger partial charge is 0.198 e. The van der Waals surface area contributed by atoms with Gasteiger partial charge in [0.25, 0.3) is 0 Å². The van der Waals surface area contributed by atoms with E-state index in [1.807, 2.05) is 7.05 Å². The molecule has 21 heavy (non-hydrogen) atoms. The van der Waals surface area contributed by atoms with Gasteiger partial charge in [-0.05, 0) is 17.7 Å². The predicted molar refractivity (Wildman–Crippen MR) is 79.6 cm³/mol. The van der Waals surface area contributed by atoms with Crippen molar-refractivity contribution in [3.63, 3.8) is 0 Å². The summed E-state index contributed by atoms with van der Waals surface area (Å²) in [5, 5.41) is 0.388. The molecule has 0 aliphatic rings. The molecule has 4 nitrogen and oxygen atoms in total. The first kappa shape index (κ1) is 14.0. The van der Waals surface area contributed by atoms with E-state index >= 15 is 0 Å². The van der Waals surface area contributed by atoms with Crippen LogP contribution in [0.5, 0.6) is 0 Å². The second-order valence-electron chi connectivity index (χ2n) is 4.37. The maximum atomic E-state index is 13.0. The van der Waals surface area contributed by atoms with Gasteiger partial charge in [-0.3, -0.25) is 0 Å². The molecule has 0 radical (unpaired) electrons. The van der Waals surface area contributed by atoms with Crippen LogP contribution in [0.3, 0.4) is 0 Å². The summed E-state index contributed by atoms with van der Waals surface area (Å²) in [7, 11) is 1.82. The van der Waals surface area contributed by atoms with Gasteiger partial charge in [0.05, 0.1) is 5.56 Å². The maximum Gasteiger partial charge on any atom is 0.198 e. The molecule has 0 bridgehead atoms.